The molecular formula is C10H9BrN2O. The maximum absolute atomic E-state index is 10.9. The molecule has 0 bridgehead atoms. The molecule has 0 unspecified atom stereocenters. The van der Waals surface area contributed by atoms with Gasteiger partial charge in [0.1, 0.15) is 12.2 Å². The molecule has 0 N–H and O–H groups in total. The number of ketones is 1. The Balaban J connectivity index is 3.09. The summed E-state index contributed by atoms with van der Waals surface area (Å²) in [5.41, 5.74) is 9.89. The summed E-state index contributed by atoms with van der Waals surface area (Å²) in [4.78, 5) is 14.0. The van der Waals surface area contributed by atoms with E-state index in [0.29, 0.717) is 5.71 Å². The van der Waals surface area contributed by atoms with E-state index < -0.39 is 0 Å². The Morgan fingerprint density at radius 1 is 1.50 bits per heavy atom. The molecule has 1 aromatic rings. The summed E-state index contributed by atoms with van der Waals surface area (Å²) in [6.45, 7) is 1.46. The van der Waals surface area contributed by atoms with Crippen molar-refractivity contribution in [1.82, 2.24) is 0 Å². The quantitative estimate of drug-likeness (QED) is 0.463. The summed E-state index contributed by atoms with van der Waals surface area (Å²) >= 11 is 3.32. The van der Waals surface area contributed by atoms with Crippen LogP contribution in [0.25, 0.3) is 5.53 Å². The Hall–Kier alpha value is -1.25. The highest BCUT2D eigenvalue weighted by atomic mass is 79.9. The molecule has 0 fully saturated rings. The van der Waals surface area contributed by atoms with Crippen LogP contribution in [0.15, 0.2) is 28.7 Å². The third-order valence-corrected chi connectivity index (χ3v) is 2.41. The minimum atomic E-state index is -0.0337. The Kier molecular flexibility index (Phi) is 3.74. The van der Waals surface area contributed by atoms with E-state index in [2.05, 4.69) is 20.7 Å². The summed E-state index contributed by atoms with van der Waals surface area (Å²) in [5, 5.41) is 0. The van der Waals surface area contributed by atoms with Crippen LogP contribution in [0.2, 0.25) is 0 Å². The summed E-state index contributed by atoms with van der Waals surface area (Å²) in [6.07, 6.45) is 0.138. The average molecular weight is 253 g/mol. The molecule has 72 valence electrons. The number of halogens is 1. The molecule has 0 spiro atoms. The first-order valence-corrected chi connectivity index (χ1v) is 4.89. The number of hydrogen-bond acceptors (Lipinski definition) is 1. The molecule has 0 radical (unpaired) electrons. The number of Topliss-reactive ketones (excluding diaryl/α,β-unsaturated/α-hetero) is 1. The minimum absolute atomic E-state index is 0.0337. The number of nitrogens with zero attached hydrogens (tertiary/aromatic N) is 2. The van der Waals surface area contributed by atoms with Crippen LogP contribution in [0, 0.1) is 0 Å². The van der Waals surface area contributed by atoms with Gasteiger partial charge in [0.05, 0.1) is 5.56 Å². The SMILES string of the molecule is CC(=O)CC(=[N+]=[N-])c1ccccc1Br. The smallest absolute Gasteiger partial charge is 0.307 e. The van der Waals surface area contributed by atoms with E-state index >= 15 is 0 Å². The van der Waals surface area contributed by atoms with Crippen LogP contribution in [0.5, 0.6) is 0 Å². The van der Waals surface area contributed by atoms with E-state index in [1.807, 2.05) is 18.2 Å². The first-order chi connectivity index (χ1) is 6.65. The Morgan fingerprint density at radius 2 is 2.14 bits per heavy atom. The summed E-state index contributed by atoms with van der Waals surface area (Å²) in [7, 11) is 0. The molecule has 3 nitrogen and oxygen atoms in total. The topological polar surface area (TPSA) is 53.5 Å². The molecule has 1 aromatic carbocycles. The van der Waals surface area contributed by atoms with Crippen LogP contribution in [-0.4, -0.2) is 16.3 Å². The van der Waals surface area contributed by atoms with Gasteiger partial charge in [-0.25, -0.2) is 0 Å². The highest BCUT2D eigenvalue weighted by molar-refractivity contribution is 9.10. The van der Waals surface area contributed by atoms with Crippen molar-refractivity contribution in [3.8, 4) is 0 Å². The molecule has 14 heavy (non-hydrogen) atoms. The molecule has 0 atom stereocenters. The number of carbonyl (C=O) groups excluding carboxylic acids is 1. The van der Waals surface area contributed by atoms with Gasteiger partial charge in [0, 0.05) is 4.47 Å². The van der Waals surface area contributed by atoms with Crippen molar-refractivity contribution in [3.63, 3.8) is 0 Å². The second-order valence-electron chi connectivity index (χ2n) is 2.91. The minimum Gasteiger partial charge on any atom is -0.361 e. The largest absolute Gasteiger partial charge is 0.361 e. The summed E-state index contributed by atoms with van der Waals surface area (Å²) in [5.74, 6) is -0.0337. The zero-order valence-corrected chi connectivity index (χ0v) is 9.28. The maximum atomic E-state index is 10.9. The van der Waals surface area contributed by atoms with Crippen molar-refractivity contribution in [2.45, 2.75) is 13.3 Å². The van der Waals surface area contributed by atoms with E-state index in [9.17, 15) is 4.79 Å². The normalized spacial score (nSPS) is 9.29. The van der Waals surface area contributed by atoms with E-state index in [-0.39, 0.29) is 12.2 Å². The summed E-state index contributed by atoms with van der Waals surface area (Å²) in [6, 6.07) is 7.31. The number of hydrogen-bond donors (Lipinski definition) is 0. The van der Waals surface area contributed by atoms with E-state index in [0.717, 1.165) is 10.0 Å². The molecule has 0 heterocycles. The van der Waals surface area contributed by atoms with Crippen LogP contribution in [0.4, 0.5) is 0 Å². The highest BCUT2D eigenvalue weighted by Gasteiger charge is 2.16. The molecule has 4 heteroatoms. The number of carbonyl (C=O) groups is 1. The van der Waals surface area contributed by atoms with Crippen LogP contribution < -0.4 is 0 Å². The molecule has 0 saturated carbocycles. The van der Waals surface area contributed by atoms with Gasteiger partial charge in [0.15, 0.2) is 0 Å². The predicted molar refractivity (Wildman–Crippen MR) is 57.2 cm³/mol. The highest BCUT2D eigenvalue weighted by Crippen LogP contribution is 2.17. The zero-order valence-electron chi connectivity index (χ0n) is 7.70. The van der Waals surface area contributed by atoms with Gasteiger partial charge in [0.2, 0.25) is 0 Å². The van der Waals surface area contributed by atoms with Crippen molar-refractivity contribution in [3.05, 3.63) is 39.8 Å². The van der Waals surface area contributed by atoms with Gasteiger partial charge in [-0.1, -0.05) is 12.1 Å². The second kappa shape index (κ2) is 4.84. The lowest BCUT2D eigenvalue weighted by atomic mass is 10.1. The summed E-state index contributed by atoms with van der Waals surface area (Å²) < 4.78 is 0.814. The predicted octanol–water partition coefficient (Wildman–Crippen LogP) is 2.45. The molecule has 1 rings (SSSR count). The van der Waals surface area contributed by atoms with E-state index in [1.165, 1.54) is 6.92 Å². The molecule has 0 aliphatic rings. The first-order valence-electron chi connectivity index (χ1n) is 4.10. The van der Waals surface area contributed by atoms with Gasteiger partial charge in [-0.05, 0) is 35.0 Å². The zero-order chi connectivity index (χ0) is 10.6. The number of benzene rings is 1. The van der Waals surface area contributed by atoms with Gasteiger partial charge in [-0.3, -0.25) is 4.79 Å². The van der Waals surface area contributed by atoms with Gasteiger partial charge >= 0.3 is 5.71 Å². The number of rotatable bonds is 3. The van der Waals surface area contributed by atoms with E-state index in [1.54, 1.807) is 6.07 Å². The molecule has 0 aliphatic carbocycles. The van der Waals surface area contributed by atoms with Gasteiger partial charge in [-0.2, -0.15) is 4.79 Å². The van der Waals surface area contributed by atoms with Gasteiger partial charge in [-0.15, -0.1) is 0 Å². The van der Waals surface area contributed by atoms with Crippen molar-refractivity contribution < 1.29 is 9.58 Å². The van der Waals surface area contributed by atoms with Crippen molar-refractivity contribution in [1.29, 1.82) is 0 Å². The fourth-order valence-corrected chi connectivity index (χ4v) is 1.63. The van der Waals surface area contributed by atoms with Gasteiger partial charge < -0.3 is 5.53 Å². The van der Waals surface area contributed by atoms with Crippen molar-refractivity contribution in [2.75, 3.05) is 0 Å². The van der Waals surface area contributed by atoms with Crippen LogP contribution >= 0.6 is 15.9 Å². The molecule has 0 amide bonds. The fraction of sp³-hybridized carbons (Fsp3) is 0.200. The monoisotopic (exact) mass is 252 g/mol. The fourth-order valence-electron chi connectivity index (χ4n) is 1.12. The van der Waals surface area contributed by atoms with Crippen molar-refractivity contribution >= 4 is 27.4 Å². The second-order valence-corrected chi connectivity index (χ2v) is 3.76. The molecule has 0 aromatic heterocycles. The third kappa shape index (κ3) is 2.62. The standard InChI is InChI=1S/C10H9BrN2O/c1-7(14)6-10(13-12)8-4-2-3-5-9(8)11/h2-5H,6H2,1H3. The Labute approximate surface area is 90.5 Å². The Bertz CT molecular complexity index is 408. The first kappa shape index (κ1) is 10.8. The molecule has 0 aliphatic heterocycles. The van der Waals surface area contributed by atoms with Crippen LogP contribution in [0.3, 0.4) is 0 Å². The molecular weight excluding hydrogens is 244 g/mol. The maximum Gasteiger partial charge on any atom is 0.307 e. The Morgan fingerprint density at radius 3 is 2.64 bits per heavy atom. The lowest BCUT2D eigenvalue weighted by Gasteiger charge is -1.97. The average Bonchev–Trinajstić information content (AvgIpc) is 2.15. The third-order valence-electron chi connectivity index (χ3n) is 1.72. The molecule has 0 saturated heterocycles. The van der Waals surface area contributed by atoms with Crippen LogP contribution in [-0.2, 0) is 4.79 Å². The van der Waals surface area contributed by atoms with Gasteiger partial charge in [0.25, 0.3) is 0 Å². The van der Waals surface area contributed by atoms with E-state index in [4.69, 9.17) is 5.53 Å². The lowest BCUT2D eigenvalue weighted by molar-refractivity contribution is -0.116. The lowest BCUT2D eigenvalue weighted by Crippen LogP contribution is -2.08. The van der Waals surface area contributed by atoms with Crippen LogP contribution in [0.1, 0.15) is 18.9 Å². The van der Waals surface area contributed by atoms with Crippen molar-refractivity contribution in [2.24, 2.45) is 0 Å².